The summed E-state index contributed by atoms with van der Waals surface area (Å²) in [5.74, 6) is -0.500. The third-order valence-corrected chi connectivity index (χ3v) is 8.49. The Morgan fingerprint density at radius 3 is 2.17 bits per heavy atom. The number of carbonyl (C=O) groups excluding carboxylic acids is 1. The Bertz CT molecular complexity index is 1260. The third-order valence-electron chi connectivity index (χ3n) is 7.00. The zero-order valence-electron chi connectivity index (χ0n) is 20.6. The minimum Gasteiger partial charge on any atom is -0.405 e. The number of thioether (sulfide) groups is 1. The van der Waals surface area contributed by atoms with Gasteiger partial charge in [-0.2, -0.15) is 0 Å². The Hall–Kier alpha value is -2.32. The molecule has 0 radical (unpaired) electrons. The zero-order valence-corrected chi connectivity index (χ0v) is 22.2. The first-order chi connectivity index (χ1) is 16.1. The van der Waals surface area contributed by atoms with Crippen LogP contribution >= 0.6 is 24.0 Å². The van der Waals surface area contributed by atoms with Gasteiger partial charge < -0.3 is 4.74 Å². The predicted molar refractivity (Wildman–Crippen MR) is 140 cm³/mol. The van der Waals surface area contributed by atoms with E-state index in [1.54, 1.807) is 19.2 Å². The number of carbonyl (C=O) groups is 1. The molecule has 0 aromatic heterocycles. The molecule has 1 aliphatic heterocycles. The molecule has 35 heavy (non-hydrogen) atoms. The van der Waals surface area contributed by atoms with Crippen LogP contribution in [-0.4, -0.2) is 28.5 Å². The van der Waals surface area contributed by atoms with Crippen molar-refractivity contribution in [1.29, 1.82) is 0 Å². The van der Waals surface area contributed by atoms with Crippen molar-refractivity contribution >= 4 is 40.3 Å². The fraction of sp³-hybridized carbons (Fsp3) is 0.407. The maximum atomic E-state index is 13.3. The second-order valence-electron chi connectivity index (χ2n) is 10.5. The van der Waals surface area contributed by atoms with Gasteiger partial charge in [-0.1, -0.05) is 63.8 Å². The molecular weight excluding hydrogens is 491 g/mol. The van der Waals surface area contributed by atoms with Crippen molar-refractivity contribution < 1.29 is 22.7 Å². The molecule has 0 spiro atoms. The Morgan fingerprint density at radius 1 is 1.03 bits per heavy atom. The summed E-state index contributed by atoms with van der Waals surface area (Å²) in [7, 11) is 1.60. The number of aryl methyl sites for hydroxylation is 1. The first-order valence-corrected chi connectivity index (χ1v) is 12.6. The highest BCUT2D eigenvalue weighted by molar-refractivity contribution is 8.26. The minimum atomic E-state index is -4.83. The lowest BCUT2D eigenvalue weighted by Gasteiger charge is -2.42. The van der Waals surface area contributed by atoms with E-state index in [1.807, 2.05) is 13.0 Å². The average Bonchev–Trinajstić information content (AvgIpc) is 2.98. The smallest absolute Gasteiger partial charge is 0.405 e. The summed E-state index contributed by atoms with van der Waals surface area (Å²) in [5, 5.41) is 0. The Morgan fingerprint density at radius 2 is 1.63 bits per heavy atom. The predicted octanol–water partition coefficient (Wildman–Crippen LogP) is 7.74. The fourth-order valence-corrected chi connectivity index (χ4v) is 5.95. The van der Waals surface area contributed by atoms with E-state index in [-0.39, 0.29) is 22.5 Å². The molecule has 1 heterocycles. The summed E-state index contributed by atoms with van der Waals surface area (Å²) in [6, 6.07) is 8.62. The van der Waals surface area contributed by atoms with Crippen LogP contribution in [0.3, 0.4) is 0 Å². The minimum absolute atomic E-state index is 0.0176. The lowest BCUT2D eigenvalue weighted by molar-refractivity contribution is -0.274. The monoisotopic (exact) mass is 519 g/mol. The topological polar surface area (TPSA) is 29.5 Å². The summed E-state index contributed by atoms with van der Waals surface area (Å²) >= 11 is 6.36. The molecule has 0 unspecified atom stereocenters. The second kappa shape index (κ2) is 8.66. The van der Waals surface area contributed by atoms with Crippen LogP contribution in [0, 0.1) is 6.92 Å². The number of halogens is 3. The number of hydrogen-bond donors (Lipinski definition) is 0. The molecule has 2 aliphatic rings. The van der Waals surface area contributed by atoms with E-state index in [0.29, 0.717) is 25.9 Å². The number of benzene rings is 2. The number of ether oxygens (including phenoxy) is 1. The largest absolute Gasteiger partial charge is 0.573 e. The van der Waals surface area contributed by atoms with Gasteiger partial charge in [-0.25, -0.2) is 0 Å². The number of rotatable bonds is 3. The molecule has 1 aliphatic carbocycles. The van der Waals surface area contributed by atoms with Crippen LogP contribution in [-0.2, 0) is 15.6 Å². The number of thiocarbonyl (C=S) groups is 1. The van der Waals surface area contributed by atoms with Crippen molar-refractivity contribution in [2.45, 2.75) is 64.7 Å². The fourth-order valence-electron chi connectivity index (χ4n) is 4.77. The van der Waals surface area contributed by atoms with E-state index < -0.39 is 6.36 Å². The van der Waals surface area contributed by atoms with Gasteiger partial charge in [0.2, 0.25) is 0 Å². The maximum Gasteiger partial charge on any atom is 0.573 e. The first-order valence-electron chi connectivity index (χ1n) is 11.4. The van der Waals surface area contributed by atoms with Crippen molar-refractivity contribution in [3.05, 3.63) is 57.5 Å². The molecule has 1 amide bonds. The SMILES string of the molecule is Cc1cc2c(cc1-c1cc(/C=C3\SC(=S)N(C)C3=O)ccc1OC(F)(F)F)C(C)(C)CCC2(C)C. The van der Waals surface area contributed by atoms with Gasteiger partial charge in [-0.05, 0) is 82.7 Å². The van der Waals surface area contributed by atoms with E-state index >= 15 is 0 Å². The van der Waals surface area contributed by atoms with Crippen LogP contribution < -0.4 is 4.74 Å². The van der Waals surface area contributed by atoms with Crippen LogP contribution in [0.15, 0.2) is 35.2 Å². The highest BCUT2D eigenvalue weighted by Crippen LogP contribution is 2.49. The molecule has 8 heteroatoms. The summed E-state index contributed by atoms with van der Waals surface area (Å²) in [6.45, 7) is 10.7. The summed E-state index contributed by atoms with van der Waals surface area (Å²) in [6.07, 6.45) is -1.14. The zero-order chi connectivity index (χ0) is 25.9. The van der Waals surface area contributed by atoms with E-state index in [4.69, 9.17) is 12.2 Å². The second-order valence-corrected chi connectivity index (χ2v) is 12.2. The van der Waals surface area contributed by atoms with Gasteiger partial charge in [-0.15, -0.1) is 13.2 Å². The van der Waals surface area contributed by atoms with E-state index in [2.05, 4.69) is 38.5 Å². The van der Waals surface area contributed by atoms with E-state index in [0.717, 1.165) is 24.0 Å². The highest BCUT2D eigenvalue weighted by Gasteiger charge is 2.38. The molecule has 0 atom stereocenters. The Balaban J connectivity index is 1.90. The molecule has 1 saturated heterocycles. The van der Waals surface area contributed by atoms with Crippen molar-refractivity contribution in [1.82, 2.24) is 4.90 Å². The summed E-state index contributed by atoms with van der Waals surface area (Å²) in [5.41, 5.74) is 4.75. The van der Waals surface area contributed by atoms with Crippen molar-refractivity contribution in [3.63, 3.8) is 0 Å². The first kappa shape index (κ1) is 25.8. The average molecular weight is 520 g/mol. The van der Waals surface area contributed by atoms with Crippen molar-refractivity contribution in [3.8, 4) is 16.9 Å². The number of alkyl halides is 3. The van der Waals surface area contributed by atoms with Crippen LogP contribution in [0.25, 0.3) is 17.2 Å². The molecule has 0 saturated carbocycles. The van der Waals surface area contributed by atoms with Crippen LogP contribution in [0.2, 0.25) is 0 Å². The maximum absolute atomic E-state index is 13.3. The summed E-state index contributed by atoms with van der Waals surface area (Å²) in [4.78, 5) is 14.3. The van der Waals surface area contributed by atoms with Gasteiger partial charge in [0.25, 0.3) is 5.91 Å². The van der Waals surface area contributed by atoms with E-state index in [1.165, 1.54) is 34.4 Å². The van der Waals surface area contributed by atoms with Crippen LogP contribution in [0.5, 0.6) is 5.75 Å². The van der Waals surface area contributed by atoms with Crippen LogP contribution in [0.1, 0.15) is 62.8 Å². The molecule has 2 aromatic rings. The quantitative estimate of drug-likeness (QED) is 0.306. The number of likely N-dealkylation sites (N-methyl/N-ethyl adjacent to an activating group) is 1. The van der Waals surface area contributed by atoms with Gasteiger partial charge in [0.1, 0.15) is 10.1 Å². The molecule has 4 rings (SSSR count). The van der Waals surface area contributed by atoms with Gasteiger partial charge in [0.15, 0.2) is 0 Å². The molecule has 2 aromatic carbocycles. The molecule has 0 N–H and O–H groups in total. The van der Waals surface area contributed by atoms with Gasteiger partial charge in [-0.3, -0.25) is 9.69 Å². The van der Waals surface area contributed by atoms with Gasteiger partial charge >= 0.3 is 6.36 Å². The van der Waals surface area contributed by atoms with Crippen LogP contribution in [0.4, 0.5) is 13.2 Å². The Kier molecular flexibility index (Phi) is 6.37. The number of fused-ring (bicyclic) bond motifs is 1. The molecule has 186 valence electrons. The van der Waals surface area contributed by atoms with Crippen molar-refractivity contribution in [2.24, 2.45) is 0 Å². The number of nitrogens with zero attached hydrogens (tertiary/aromatic N) is 1. The Labute approximate surface area is 213 Å². The number of hydrogen-bond acceptors (Lipinski definition) is 4. The highest BCUT2D eigenvalue weighted by atomic mass is 32.2. The molecule has 1 fully saturated rings. The summed E-state index contributed by atoms with van der Waals surface area (Å²) < 4.78 is 44.8. The lowest BCUT2D eigenvalue weighted by atomic mass is 9.62. The lowest BCUT2D eigenvalue weighted by Crippen LogP contribution is -2.34. The third kappa shape index (κ3) is 5.00. The molecular formula is C27H28F3NO2S2. The molecule has 0 bridgehead atoms. The molecule has 3 nitrogen and oxygen atoms in total. The van der Waals surface area contributed by atoms with E-state index in [9.17, 15) is 18.0 Å². The van der Waals surface area contributed by atoms with Crippen molar-refractivity contribution in [2.75, 3.05) is 7.05 Å². The standard InChI is InChI=1S/C27H28F3NO2S2/c1-15-11-19-20(26(4,5)10-9-25(19,2)3)14-17(15)18-12-16(7-8-21(18)33-27(28,29)30)13-22-23(32)31(6)24(34)35-22/h7-8,11-14H,9-10H2,1-6H3/b22-13-. The normalized spacial score (nSPS) is 20.4. The van der Waals surface area contributed by atoms with Gasteiger partial charge in [0, 0.05) is 12.6 Å². The van der Waals surface area contributed by atoms with Gasteiger partial charge in [0.05, 0.1) is 4.91 Å². The number of amides is 1.